The lowest BCUT2D eigenvalue weighted by atomic mass is 10.1. The summed E-state index contributed by atoms with van der Waals surface area (Å²) in [4.78, 5) is 4.66. The molecule has 0 fully saturated rings. The highest BCUT2D eigenvalue weighted by molar-refractivity contribution is 9.10. The van der Waals surface area contributed by atoms with Crippen LogP contribution in [0.5, 0.6) is 11.5 Å². The molecule has 0 atom stereocenters. The van der Waals surface area contributed by atoms with Crippen LogP contribution < -0.4 is 8.92 Å². The minimum atomic E-state index is -4.02. The molecular weight excluding hydrogens is 478 g/mol. The van der Waals surface area contributed by atoms with E-state index in [1.165, 1.54) is 12.1 Å². The van der Waals surface area contributed by atoms with Gasteiger partial charge in [0.2, 0.25) is 0 Å². The Morgan fingerprint density at radius 2 is 1.74 bits per heavy atom. The number of nitrogens with zero attached hydrogens (tertiary/aromatic N) is 1. The van der Waals surface area contributed by atoms with Crippen LogP contribution in [0.25, 0.3) is 0 Å². The Labute approximate surface area is 192 Å². The summed E-state index contributed by atoms with van der Waals surface area (Å²) in [6, 6.07) is 15.9. The lowest BCUT2D eigenvalue weighted by molar-refractivity contribution is 0.327. The van der Waals surface area contributed by atoms with Crippen molar-refractivity contribution in [3.63, 3.8) is 0 Å². The van der Waals surface area contributed by atoms with E-state index in [4.69, 9.17) is 8.92 Å². The van der Waals surface area contributed by atoms with Crippen molar-refractivity contribution < 1.29 is 17.3 Å². The van der Waals surface area contributed by atoms with Crippen molar-refractivity contribution >= 4 is 38.0 Å². The van der Waals surface area contributed by atoms with Crippen LogP contribution >= 0.6 is 15.9 Å². The van der Waals surface area contributed by atoms with Crippen LogP contribution in [0.3, 0.4) is 0 Å². The van der Waals surface area contributed by atoms with Gasteiger partial charge >= 0.3 is 10.1 Å². The fourth-order valence-electron chi connectivity index (χ4n) is 2.89. The quantitative estimate of drug-likeness (QED) is 0.281. The van der Waals surface area contributed by atoms with Crippen molar-refractivity contribution in [3.05, 3.63) is 81.3 Å². The average Bonchev–Trinajstić information content (AvgIpc) is 2.72. The third-order valence-electron chi connectivity index (χ3n) is 4.76. The van der Waals surface area contributed by atoms with E-state index >= 15 is 0 Å². The second-order valence-corrected chi connectivity index (χ2v) is 9.49. The number of aliphatic imine (C=N–C) groups is 1. The zero-order valence-corrected chi connectivity index (χ0v) is 20.2. The van der Waals surface area contributed by atoms with Crippen molar-refractivity contribution in [3.8, 4) is 11.5 Å². The van der Waals surface area contributed by atoms with E-state index in [1.807, 2.05) is 45.9 Å². The Kier molecular flexibility index (Phi) is 7.18. The fourth-order valence-corrected chi connectivity index (χ4v) is 4.49. The van der Waals surface area contributed by atoms with E-state index in [0.29, 0.717) is 16.8 Å². The van der Waals surface area contributed by atoms with Crippen molar-refractivity contribution in [2.24, 2.45) is 4.99 Å². The number of aryl methyl sites for hydroxylation is 2. The normalized spacial score (nSPS) is 11.6. The molecule has 0 saturated heterocycles. The van der Waals surface area contributed by atoms with E-state index in [0.717, 1.165) is 27.9 Å². The molecule has 3 rings (SSSR count). The minimum absolute atomic E-state index is 0.0769. The molecule has 0 amide bonds. The summed E-state index contributed by atoms with van der Waals surface area (Å²) < 4.78 is 37.1. The molecule has 7 heteroatoms. The summed E-state index contributed by atoms with van der Waals surface area (Å²) in [6.07, 6.45) is 1.72. The molecule has 3 aromatic carbocycles. The summed E-state index contributed by atoms with van der Waals surface area (Å²) in [5.74, 6) is 0.418. The second kappa shape index (κ2) is 9.66. The summed E-state index contributed by atoms with van der Waals surface area (Å²) >= 11 is 3.43. The smallest absolute Gasteiger partial charge is 0.339 e. The molecule has 0 radical (unpaired) electrons. The Hall–Kier alpha value is -2.64. The first-order chi connectivity index (χ1) is 14.7. The molecule has 0 bridgehead atoms. The summed E-state index contributed by atoms with van der Waals surface area (Å²) in [5, 5.41) is 0. The van der Waals surface area contributed by atoms with Gasteiger partial charge in [-0.2, -0.15) is 8.42 Å². The van der Waals surface area contributed by atoms with Gasteiger partial charge in [-0.3, -0.25) is 4.99 Å². The maximum Gasteiger partial charge on any atom is 0.339 e. The van der Waals surface area contributed by atoms with Gasteiger partial charge in [0.25, 0.3) is 0 Å². The number of halogens is 1. The van der Waals surface area contributed by atoms with Gasteiger partial charge in [-0.15, -0.1) is 0 Å². The van der Waals surface area contributed by atoms with E-state index in [9.17, 15) is 8.42 Å². The Bertz CT molecular complexity index is 1220. The van der Waals surface area contributed by atoms with Crippen LogP contribution in [-0.2, 0) is 10.1 Å². The molecule has 3 aromatic rings. The number of rotatable bonds is 7. The molecule has 5 nitrogen and oxygen atoms in total. The zero-order chi connectivity index (χ0) is 22.6. The third-order valence-corrected chi connectivity index (χ3v) is 6.59. The van der Waals surface area contributed by atoms with Gasteiger partial charge in [0, 0.05) is 6.21 Å². The number of benzene rings is 3. The molecule has 162 valence electrons. The van der Waals surface area contributed by atoms with Crippen LogP contribution in [0.2, 0.25) is 0 Å². The highest BCUT2D eigenvalue weighted by Gasteiger charge is 2.22. The first-order valence-electron chi connectivity index (χ1n) is 9.79. The molecule has 0 aliphatic carbocycles. The topological polar surface area (TPSA) is 65.0 Å². The number of hydrogen-bond donors (Lipinski definition) is 0. The Morgan fingerprint density at radius 1 is 1.03 bits per heavy atom. The second-order valence-electron chi connectivity index (χ2n) is 7.09. The molecule has 0 N–H and O–H groups in total. The lowest BCUT2D eigenvalue weighted by Gasteiger charge is -2.14. The molecule has 0 unspecified atom stereocenters. The Balaban J connectivity index is 1.96. The van der Waals surface area contributed by atoms with Gasteiger partial charge in [-0.05, 0) is 90.6 Å². The number of ether oxygens (including phenoxy) is 1. The molecular formula is C24H24BrNO4S. The highest BCUT2D eigenvalue weighted by atomic mass is 79.9. The van der Waals surface area contributed by atoms with Gasteiger partial charge in [0.15, 0.2) is 11.5 Å². The fraction of sp³-hybridized carbons (Fsp3) is 0.208. The van der Waals surface area contributed by atoms with E-state index < -0.39 is 10.1 Å². The van der Waals surface area contributed by atoms with Crippen LogP contribution in [-0.4, -0.2) is 21.2 Å². The van der Waals surface area contributed by atoms with Gasteiger partial charge < -0.3 is 8.92 Å². The molecule has 0 saturated carbocycles. The van der Waals surface area contributed by atoms with Gasteiger partial charge in [-0.25, -0.2) is 0 Å². The summed E-state index contributed by atoms with van der Waals surface area (Å²) in [5.41, 5.74) is 4.85. The first-order valence-corrected chi connectivity index (χ1v) is 12.0. The predicted octanol–water partition coefficient (Wildman–Crippen LogP) is 6.29. The number of hydrogen-bond acceptors (Lipinski definition) is 5. The SMILES string of the molecule is CCOc1cc(C=Nc2cccc(C)c2C)cc(Br)c1OS(=O)(=O)c1ccc(C)cc1. The van der Waals surface area contributed by atoms with Crippen LogP contribution in [0.4, 0.5) is 5.69 Å². The monoisotopic (exact) mass is 501 g/mol. The molecule has 0 aliphatic heterocycles. The maximum atomic E-state index is 12.8. The molecule has 0 aromatic heterocycles. The lowest BCUT2D eigenvalue weighted by Crippen LogP contribution is -2.11. The summed E-state index contributed by atoms with van der Waals surface area (Å²) in [6.45, 7) is 8.13. The van der Waals surface area contributed by atoms with Crippen molar-refractivity contribution in [2.75, 3.05) is 6.61 Å². The maximum absolute atomic E-state index is 12.8. The average molecular weight is 502 g/mol. The molecule has 0 heterocycles. The van der Waals surface area contributed by atoms with Crippen LogP contribution in [0.1, 0.15) is 29.2 Å². The van der Waals surface area contributed by atoms with E-state index in [2.05, 4.69) is 20.9 Å². The predicted molar refractivity (Wildman–Crippen MR) is 127 cm³/mol. The van der Waals surface area contributed by atoms with Gasteiger partial charge in [0.05, 0.1) is 16.8 Å². The molecule has 0 aliphatic rings. The minimum Gasteiger partial charge on any atom is -0.490 e. The third kappa shape index (κ3) is 5.54. The molecule has 0 spiro atoms. The Morgan fingerprint density at radius 3 is 2.42 bits per heavy atom. The van der Waals surface area contributed by atoms with E-state index in [-0.39, 0.29) is 10.6 Å². The van der Waals surface area contributed by atoms with Crippen molar-refractivity contribution in [1.82, 2.24) is 0 Å². The van der Waals surface area contributed by atoms with Crippen molar-refractivity contribution in [2.45, 2.75) is 32.6 Å². The first kappa shape index (κ1) is 23.0. The molecule has 31 heavy (non-hydrogen) atoms. The standard InChI is InChI=1S/C24H24BrNO4S/c1-5-29-23-14-19(15-26-22-8-6-7-17(3)18(22)4)13-21(25)24(23)30-31(27,28)20-11-9-16(2)10-12-20/h6-15H,5H2,1-4H3. The van der Waals surface area contributed by atoms with Crippen LogP contribution in [0.15, 0.2) is 69.0 Å². The van der Waals surface area contributed by atoms with E-state index in [1.54, 1.807) is 30.5 Å². The zero-order valence-electron chi connectivity index (χ0n) is 17.8. The van der Waals surface area contributed by atoms with Gasteiger partial charge in [-0.1, -0.05) is 29.8 Å². The van der Waals surface area contributed by atoms with Gasteiger partial charge in [0.1, 0.15) is 4.90 Å². The van der Waals surface area contributed by atoms with Crippen LogP contribution in [0, 0.1) is 20.8 Å². The highest BCUT2D eigenvalue weighted by Crippen LogP contribution is 2.38. The van der Waals surface area contributed by atoms with Crippen molar-refractivity contribution in [1.29, 1.82) is 0 Å². The summed E-state index contributed by atoms with van der Waals surface area (Å²) in [7, 11) is -4.02. The largest absolute Gasteiger partial charge is 0.490 e.